The smallest absolute Gasteiger partial charge is 0.248 e. The van der Waals surface area contributed by atoms with E-state index in [9.17, 15) is 9.59 Å². The third-order valence-electron chi connectivity index (χ3n) is 3.13. The highest BCUT2D eigenvalue weighted by Gasteiger charge is 2.07. The average molecular weight is 314 g/mol. The lowest BCUT2D eigenvalue weighted by molar-refractivity contribution is -0.116. The number of rotatable bonds is 5. The van der Waals surface area contributed by atoms with Gasteiger partial charge in [-0.15, -0.1) is 11.3 Å². The van der Waals surface area contributed by atoms with Crippen molar-refractivity contribution in [3.63, 3.8) is 0 Å². The van der Waals surface area contributed by atoms with E-state index in [0.29, 0.717) is 17.8 Å². The zero-order chi connectivity index (χ0) is 15.9. The Morgan fingerprint density at radius 2 is 1.86 bits per heavy atom. The third-order valence-corrected chi connectivity index (χ3v) is 3.97. The van der Waals surface area contributed by atoms with Crippen LogP contribution < -0.4 is 10.6 Å². The van der Waals surface area contributed by atoms with Crippen LogP contribution in [0.15, 0.2) is 41.8 Å². The molecule has 1 aromatic heterocycles. The van der Waals surface area contributed by atoms with Crippen molar-refractivity contribution in [3.05, 3.63) is 52.2 Å². The van der Waals surface area contributed by atoms with Crippen LogP contribution in [0.1, 0.15) is 23.8 Å². The summed E-state index contributed by atoms with van der Waals surface area (Å²) in [6.45, 7) is 3.66. The summed E-state index contributed by atoms with van der Waals surface area (Å²) in [5.74, 6) is -0.250. The fourth-order valence-corrected chi connectivity index (χ4v) is 2.48. The van der Waals surface area contributed by atoms with Crippen LogP contribution in [0.25, 0.3) is 6.08 Å². The molecule has 0 atom stereocenters. The molecule has 0 aliphatic rings. The summed E-state index contributed by atoms with van der Waals surface area (Å²) < 4.78 is 0. The minimum Gasteiger partial charge on any atom is -0.326 e. The number of thiophene rings is 1. The van der Waals surface area contributed by atoms with Crippen molar-refractivity contribution in [3.8, 4) is 0 Å². The maximum absolute atomic E-state index is 12.0. The van der Waals surface area contributed by atoms with E-state index in [2.05, 4.69) is 10.6 Å². The molecule has 22 heavy (non-hydrogen) atoms. The molecule has 2 N–H and O–H groups in total. The first-order valence-corrected chi connectivity index (χ1v) is 7.90. The number of hydrogen-bond acceptors (Lipinski definition) is 3. The zero-order valence-corrected chi connectivity index (χ0v) is 13.4. The Hall–Kier alpha value is -2.40. The monoisotopic (exact) mass is 314 g/mol. The second-order valence-corrected chi connectivity index (χ2v) is 5.70. The Morgan fingerprint density at radius 3 is 2.50 bits per heavy atom. The van der Waals surface area contributed by atoms with E-state index < -0.39 is 0 Å². The summed E-state index contributed by atoms with van der Waals surface area (Å²) in [5.41, 5.74) is 2.24. The number of hydrogen-bond donors (Lipinski definition) is 2. The number of amides is 2. The summed E-state index contributed by atoms with van der Waals surface area (Å²) in [7, 11) is 0. The van der Waals surface area contributed by atoms with E-state index in [0.717, 1.165) is 10.4 Å². The van der Waals surface area contributed by atoms with Gasteiger partial charge < -0.3 is 10.6 Å². The van der Waals surface area contributed by atoms with E-state index >= 15 is 0 Å². The highest BCUT2D eigenvalue weighted by atomic mass is 32.1. The molecule has 2 aromatic rings. The summed E-state index contributed by atoms with van der Waals surface area (Å²) in [6, 6.07) is 9.32. The second kappa shape index (κ2) is 7.56. The van der Waals surface area contributed by atoms with Crippen molar-refractivity contribution in [2.24, 2.45) is 0 Å². The molecule has 0 radical (unpaired) electrons. The van der Waals surface area contributed by atoms with Crippen LogP contribution in [-0.2, 0) is 9.59 Å². The van der Waals surface area contributed by atoms with E-state index in [1.807, 2.05) is 36.6 Å². The van der Waals surface area contributed by atoms with Gasteiger partial charge in [-0.3, -0.25) is 9.59 Å². The Kier molecular flexibility index (Phi) is 5.49. The van der Waals surface area contributed by atoms with Crippen LogP contribution in [0, 0.1) is 6.92 Å². The largest absolute Gasteiger partial charge is 0.326 e. The topological polar surface area (TPSA) is 58.2 Å². The SMILES string of the molecule is CCC(=O)Nc1cccc(NC(=O)C=Cc2cccs2)c1C. The molecule has 4 nitrogen and oxygen atoms in total. The average Bonchev–Trinajstić information content (AvgIpc) is 3.02. The van der Waals surface area contributed by atoms with Gasteiger partial charge in [0.2, 0.25) is 11.8 Å². The lowest BCUT2D eigenvalue weighted by atomic mass is 10.1. The molecule has 114 valence electrons. The van der Waals surface area contributed by atoms with Crippen LogP contribution in [0.5, 0.6) is 0 Å². The van der Waals surface area contributed by atoms with E-state index in [-0.39, 0.29) is 11.8 Å². The van der Waals surface area contributed by atoms with Gasteiger partial charge in [-0.05, 0) is 42.1 Å². The third kappa shape index (κ3) is 4.30. The zero-order valence-electron chi connectivity index (χ0n) is 12.6. The van der Waals surface area contributed by atoms with Gasteiger partial charge in [0, 0.05) is 28.7 Å². The first-order chi connectivity index (χ1) is 10.6. The normalized spacial score (nSPS) is 10.6. The van der Waals surface area contributed by atoms with Gasteiger partial charge in [0.05, 0.1) is 0 Å². The number of anilines is 2. The molecule has 0 saturated carbocycles. The molecule has 0 spiro atoms. The molecular formula is C17H18N2O2S. The summed E-state index contributed by atoms with van der Waals surface area (Å²) in [4.78, 5) is 24.5. The van der Waals surface area contributed by atoms with Crippen LogP contribution in [-0.4, -0.2) is 11.8 Å². The van der Waals surface area contributed by atoms with Gasteiger partial charge in [-0.25, -0.2) is 0 Å². The standard InChI is InChI=1S/C17H18N2O2S/c1-3-16(20)18-14-7-4-8-15(12(14)2)19-17(21)10-9-13-6-5-11-22-13/h4-11H,3H2,1-2H3,(H,18,20)(H,19,21). The first-order valence-electron chi connectivity index (χ1n) is 7.02. The number of nitrogens with one attached hydrogen (secondary N) is 2. The minimum atomic E-state index is -0.199. The van der Waals surface area contributed by atoms with Crippen LogP contribution in [0.2, 0.25) is 0 Å². The highest BCUT2D eigenvalue weighted by Crippen LogP contribution is 2.23. The van der Waals surface area contributed by atoms with E-state index in [1.54, 1.807) is 30.4 Å². The Labute approximate surface area is 133 Å². The molecule has 1 aromatic carbocycles. The molecule has 0 aliphatic carbocycles. The lowest BCUT2D eigenvalue weighted by Crippen LogP contribution is -2.13. The predicted octanol–water partition coefficient (Wildman–Crippen LogP) is 4.06. The van der Waals surface area contributed by atoms with Gasteiger partial charge in [-0.1, -0.05) is 19.1 Å². The molecule has 0 aliphatic heterocycles. The summed E-state index contributed by atoms with van der Waals surface area (Å²) in [6.07, 6.45) is 3.69. The maximum Gasteiger partial charge on any atom is 0.248 e. The minimum absolute atomic E-state index is 0.0517. The van der Waals surface area contributed by atoms with Gasteiger partial charge in [0.25, 0.3) is 0 Å². The molecule has 0 saturated heterocycles. The molecular weight excluding hydrogens is 296 g/mol. The molecule has 5 heteroatoms. The Morgan fingerprint density at radius 1 is 1.14 bits per heavy atom. The summed E-state index contributed by atoms with van der Waals surface area (Å²) in [5, 5.41) is 7.61. The van der Waals surface area contributed by atoms with E-state index in [4.69, 9.17) is 0 Å². The number of carbonyl (C=O) groups excluding carboxylic acids is 2. The van der Waals surface area contributed by atoms with Gasteiger partial charge in [0.1, 0.15) is 0 Å². The molecule has 1 heterocycles. The molecule has 2 rings (SSSR count). The fourth-order valence-electron chi connectivity index (χ4n) is 1.86. The quantitative estimate of drug-likeness (QED) is 0.818. The number of benzene rings is 1. The van der Waals surface area contributed by atoms with Crippen molar-refractivity contribution in [1.29, 1.82) is 0 Å². The second-order valence-electron chi connectivity index (χ2n) is 4.72. The Bertz CT molecular complexity index is 691. The maximum atomic E-state index is 12.0. The fraction of sp³-hybridized carbons (Fsp3) is 0.176. The summed E-state index contributed by atoms with van der Waals surface area (Å²) >= 11 is 1.57. The van der Waals surface area contributed by atoms with Crippen LogP contribution in [0.3, 0.4) is 0 Å². The van der Waals surface area contributed by atoms with Gasteiger partial charge in [-0.2, -0.15) is 0 Å². The Balaban J connectivity index is 2.07. The van der Waals surface area contributed by atoms with Crippen molar-refractivity contribution < 1.29 is 9.59 Å². The van der Waals surface area contributed by atoms with Gasteiger partial charge >= 0.3 is 0 Å². The molecule has 0 bridgehead atoms. The van der Waals surface area contributed by atoms with Crippen molar-refractivity contribution in [1.82, 2.24) is 0 Å². The van der Waals surface area contributed by atoms with Crippen molar-refractivity contribution in [2.45, 2.75) is 20.3 Å². The van der Waals surface area contributed by atoms with Crippen LogP contribution in [0.4, 0.5) is 11.4 Å². The van der Waals surface area contributed by atoms with E-state index in [1.165, 1.54) is 6.08 Å². The van der Waals surface area contributed by atoms with Gasteiger partial charge in [0.15, 0.2) is 0 Å². The predicted molar refractivity (Wildman–Crippen MR) is 92.1 cm³/mol. The molecule has 2 amide bonds. The van der Waals surface area contributed by atoms with Crippen molar-refractivity contribution in [2.75, 3.05) is 10.6 Å². The highest BCUT2D eigenvalue weighted by molar-refractivity contribution is 7.10. The lowest BCUT2D eigenvalue weighted by Gasteiger charge is -2.12. The first kappa shape index (κ1) is 16.0. The molecule has 0 fully saturated rings. The number of carbonyl (C=O) groups is 2. The van der Waals surface area contributed by atoms with Crippen molar-refractivity contribution >= 4 is 40.6 Å². The molecule has 0 unspecified atom stereocenters. The van der Waals surface area contributed by atoms with Crippen LogP contribution >= 0.6 is 11.3 Å².